The predicted molar refractivity (Wildman–Crippen MR) is 244 cm³/mol. The van der Waals surface area contributed by atoms with Gasteiger partial charge in [0.25, 0.3) is 0 Å². The minimum absolute atomic E-state index is 0. The maximum Gasteiger partial charge on any atom is 0.135 e. The van der Waals surface area contributed by atoms with E-state index >= 15 is 0 Å². The molecule has 0 atom stereocenters. The third kappa shape index (κ3) is 23.7. The summed E-state index contributed by atoms with van der Waals surface area (Å²) < 4.78 is 0. The minimum Gasteiger partial charge on any atom is -0.251 e. The number of hydrogen-bond donors (Lipinski definition) is 0. The first-order valence-corrected chi connectivity index (χ1v) is 23.5. The Kier molecular flexibility index (Phi) is 32.6. The summed E-state index contributed by atoms with van der Waals surface area (Å²) >= 11 is 0. The Balaban J connectivity index is 0.0000151. The maximum atomic E-state index is 5.42. The van der Waals surface area contributed by atoms with E-state index in [4.69, 9.17) is 9.98 Å². The second-order valence-corrected chi connectivity index (χ2v) is 16.1. The Hall–Kier alpha value is -2.00. The van der Waals surface area contributed by atoms with Gasteiger partial charge in [-0.25, -0.2) is 4.99 Å². The average molecular weight is 844 g/mol. The fourth-order valence-corrected chi connectivity index (χ4v) is 7.58. The van der Waals surface area contributed by atoms with Crippen molar-refractivity contribution in [3.8, 4) is 11.8 Å². The first-order chi connectivity index (χ1) is 26.6. The number of aliphatic imine (C=N–C) groups is 2. The summed E-state index contributed by atoms with van der Waals surface area (Å²) in [4.78, 5) is 10.8. The molecule has 0 aliphatic rings. The Bertz CT molecular complexity index is 1360. The largest absolute Gasteiger partial charge is 0.251 e. The van der Waals surface area contributed by atoms with Crippen molar-refractivity contribution >= 4 is 22.8 Å². The zero-order valence-corrected chi connectivity index (χ0v) is 38.4. The molecule has 0 radical (unpaired) electrons. The van der Waals surface area contributed by atoms with Crippen LogP contribution in [-0.2, 0) is 46.1 Å². The van der Waals surface area contributed by atoms with Crippen LogP contribution in [0.4, 0.5) is 11.4 Å². The van der Waals surface area contributed by atoms with E-state index in [1.165, 1.54) is 170 Å². The van der Waals surface area contributed by atoms with Crippen molar-refractivity contribution in [1.29, 1.82) is 0 Å². The predicted octanol–water partition coefficient (Wildman–Crippen LogP) is 17.0. The van der Waals surface area contributed by atoms with Crippen LogP contribution in [0.15, 0.2) is 46.4 Å². The monoisotopic (exact) mass is 843 g/mol. The van der Waals surface area contributed by atoms with Gasteiger partial charge in [-0.1, -0.05) is 188 Å². The molecule has 0 aromatic heterocycles. The van der Waals surface area contributed by atoms with Crippen LogP contribution in [0.5, 0.6) is 0 Å². The van der Waals surface area contributed by atoms with Crippen LogP contribution in [0.2, 0.25) is 0 Å². The molecule has 2 aromatic carbocycles. The number of unbranched alkanes of at least 4 members (excludes halogenated alkanes) is 19. The summed E-state index contributed by atoms with van der Waals surface area (Å²) in [7, 11) is 0. The molecule has 0 amide bonds. The molecule has 2 rings (SSSR count). The number of rotatable bonds is 32. The number of benzene rings is 2. The molecule has 0 fully saturated rings. The summed E-state index contributed by atoms with van der Waals surface area (Å²) in [6.07, 6.45) is 37.6. The van der Waals surface area contributed by atoms with E-state index in [2.05, 4.69) is 89.8 Å². The Morgan fingerprint density at radius 2 is 0.836 bits per heavy atom. The first kappa shape index (κ1) is 51.0. The van der Waals surface area contributed by atoms with Gasteiger partial charge in [-0.15, -0.1) is 0 Å². The molecule has 0 unspecified atom stereocenters. The number of hydrogen-bond acceptors (Lipinski definition) is 2. The molecule has 0 saturated heterocycles. The molecule has 0 N–H and O–H groups in total. The summed E-state index contributed by atoms with van der Waals surface area (Å²) in [6.45, 7) is 13.8. The molecule has 0 heterocycles. The van der Waals surface area contributed by atoms with E-state index in [1.54, 1.807) is 0 Å². The average Bonchev–Trinajstić information content (AvgIpc) is 3.17. The van der Waals surface area contributed by atoms with Crippen molar-refractivity contribution in [1.82, 2.24) is 0 Å². The third-order valence-corrected chi connectivity index (χ3v) is 10.9. The van der Waals surface area contributed by atoms with Crippen LogP contribution in [0.25, 0.3) is 0 Å². The molecule has 312 valence electrons. The van der Waals surface area contributed by atoms with Gasteiger partial charge < -0.3 is 0 Å². The Labute approximate surface area is 356 Å². The molecule has 0 saturated carbocycles. The Morgan fingerprint density at radius 3 is 1.38 bits per heavy atom. The van der Waals surface area contributed by atoms with E-state index in [1.807, 2.05) is 0 Å². The van der Waals surface area contributed by atoms with Gasteiger partial charge in [0.05, 0.1) is 17.1 Å². The minimum atomic E-state index is 0. The Morgan fingerprint density at radius 1 is 0.418 bits per heavy atom. The van der Waals surface area contributed by atoms with Crippen LogP contribution >= 0.6 is 0 Å². The van der Waals surface area contributed by atoms with Crippen molar-refractivity contribution in [3.05, 3.63) is 58.7 Å². The van der Waals surface area contributed by atoms with Gasteiger partial charge in [0, 0.05) is 26.8 Å². The van der Waals surface area contributed by atoms with Gasteiger partial charge in [-0.2, -0.15) is 0 Å². The van der Waals surface area contributed by atoms with E-state index in [9.17, 15) is 0 Å². The van der Waals surface area contributed by atoms with E-state index in [0.29, 0.717) is 0 Å². The summed E-state index contributed by atoms with van der Waals surface area (Å²) in [5.41, 5.74) is 10.00. The van der Waals surface area contributed by atoms with E-state index in [0.717, 1.165) is 67.7 Å². The van der Waals surface area contributed by atoms with Crippen LogP contribution in [0, 0.1) is 11.8 Å². The van der Waals surface area contributed by atoms with Crippen molar-refractivity contribution in [3.63, 3.8) is 0 Å². The van der Waals surface area contributed by atoms with Gasteiger partial charge in [0.2, 0.25) is 0 Å². The topological polar surface area (TPSA) is 24.7 Å². The molecular formula is C52H84N2Pd. The van der Waals surface area contributed by atoms with Crippen LogP contribution in [-0.4, -0.2) is 11.4 Å². The van der Waals surface area contributed by atoms with Gasteiger partial charge >= 0.3 is 0 Å². The van der Waals surface area contributed by atoms with Crippen molar-refractivity contribution in [2.24, 2.45) is 9.98 Å². The normalized spacial score (nSPS) is 11.7. The number of aryl methyl sites for hydroxylation is 4. The second-order valence-electron chi connectivity index (χ2n) is 16.1. The molecule has 0 aliphatic heterocycles. The summed E-state index contributed by atoms with van der Waals surface area (Å²) in [5.74, 6) is 7.25. The van der Waals surface area contributed by atoms with E-state index in [-0.39, 0.29) is 20.4 Å². The molecule has 0 aliphatic carbocycles. The zero-order valence-electron chi connectivity index (χ0n) is 36.9. The molecule has 55 heavy (non-hydrogen) atoms. The van der Waals surface area contributed by atoms with Crippen molar-refractivity contribution < 1.29 is 20.4 Å². The van der Waals surface area contributed by atoms with Gasteiger partial charge in [-0.3, -0.25) is 4.99 Å². The molecule has 0 spiro atoms. The zero-order chi connectivity index (χ0) is 38.9. The second kappa shape index (κ2) is 35.2. The molecular weight excluding hydrogens is 759 g/mol. The smallest absolute Gasteiger partial charge is 0.135 e. The van der Waals surface area contributed by atoms with Gasteiger partial charge in [-0.05, 0) is 110 Å². The summed E-state index contributed by atoms with van der Waals surface area (Å²) in [5, 5.41) is 0. The van der Waals surface area contributed by atoms with Crippen LogP contribution < -0.4 is 0 Å². The van der Waals surface area contributed by atoms with Crippen LogP contribution in [0.1, 0.15) is 231 Å². The standard InChI is InChI=1S/C52H84N2.Pd/c1-7-13-17-19-20-21-22-23-24-25-26-27-28-32-38-52(54-50-42-40-46(35-29-15-9-3)48(44-50)36-30-16-10-4)51(37-31-18-14-8-2)53-49-41-39-45(33-11-5)47(43-49)34-12-6;/h39-44H,7-31,33-37H2,1-6H3;/b53-51+,54-52+;. The molecule has 0 bridgehead atoms. The van der Waals surface area contributed by atoms with Crippen molar-refractivity contribution in [2.75, 3.05) is 0 Å². The van der Waals surface area contributed by atoms with Gasteiger partial charge in [0.15, 0.2) is 0 Å². The third-order valence-electron chi connectivity index (χ3n) is 10.9. The first-order valence-electron chi connectivity index (χ1n) is 23.5. The summed E-state index contributed by atoms with van der Waals surface area (Å²) in [6, 6.07) is 13.9. The van der Waals surface area contributed by atoms with Crippen molar-refractivity contribution in [2.45, 2.75) is 234 Å². The fourth-order valence-electron chi connectivity index (χ4n) is 7.58. The molecule has 2 aromatic rings. The van der Waals surface area contributed by atoms with E-state index < -0.39 is 0 Å². The molecule has 2 nitrogen and oxygen atoms in total. The maximum absolute atomic E-state index is 5.42. The number of nitrogens with zero attached hydrogens (tertiary/aromatic N) is 2. The quantitative estimate of drug-likeness (QED) is 0.0303. The molecule has 3 heteroatoms. The van der Waals surface area contributed by atoms with Gasteiger partial charge in [0.1, 0.15) is 5.71 Å². The SMILES string of the molecule is CCCCCCCCCCCCCCC#CC(=N\c1ccc(CCCCC)c(CCCCC)c1)/C(CCCCCC)=N/c1ccc(CCC)c(CCC)c1.[Pd]. The van der Waals surface area contributed by atoms with Crippen LogP contribution in [0.3, 0.4) is 0 Å². The fraction of sp³-hybridized carbons (Fsp3) is 0.692.